The first-order valence-electron chi connectivity index (χ1n) is 15.4. The molecule has 1 aromatic carbocycles. The second-order valence-corrected chi connectivity index (χ2v) is 14.6. The van der Waals surface area contributed by atoms with Crippen molar-refractivity contribution in [3.8, 4) is 0 Å². The van der Waals surface area contributed by atoms with Crippen LogP contribution in [0, 0.1) is 22.7 Å². The fourth-order valence-corrected chi connectivity index (χ4v) is 6.00. The van der Waals surface area contributed by atoms with Gasteiger partial charge >= 0.3 is 6.09 Å². The molecule has 1 aliphatic heterocycles. The number of nitrogens with one attached hydrogen (secondary N) is 3. The molecule has 1 aromatic rings. The Morgan fingerprint density at radius 1 is 1.02 bits per heavy atom. The van der Waals surface area contributed by atoms with Crippen LogP contribution in [0.2, 0.25) is 0 Å². The molecule has 3 rings (SSSR count). The lowest BCUT2D eigenvalue weighted by atomic mass is 9.85. The van der Waals surface area contributed by atoms with Gasteiger partial charge in [0.05, 0.1) is 12.6 Å². The van der Waals surface area contributed by atoms with E-state index in [1.165, 1.54) is 4.90 Å². The van der Waals surface area contributed by atoms with Crippen molar-refractivity contribution in [2.75, 3.05) is 13.1 Å². The second-order valence-electron chi connectivity index (χ2n) is 14.6. The lowest BCUT2D eigenvalue weighted by molar-refractivity contribution is -0.145. The van der Waals surface area contributed by atoms with Crippen molar-refractivity contribution in [3.05, 3.63) is 48.6 Å². The number of benzene rings is 1. The van der Waals surface area contributed by atoms with Crippen molar-refractivity contribution >= 4 is 35.4 Å². The normalized spacial score (nSPS) is 21.4. The highest BCUT2D eigenvalue weighted by Crippen LogP contribution is 2.65. The number of allylic oxidation sites excluding steroid dienone is 1. The molecule has 1 saturated carbocycles. The molecule has 11 nitrogen and oxygen atoms in total. The molecule has 1 saturated heterocycles. The number of alkyl carbamates (subject to hydrolysis) is 1. The van der Waals surface area contributed by atoms with E-state index in [-0.39, 0.29) is 36.0 Å². The first kappa shape index (κ1) is 35.5. The van der Waals surface area contributed by atoms with Gasteiger partial charge in [-0.05, 0) is 56.3 Å². The predicted molar refractivity (Wildman–Crippen MR) is 169 cm³/mol. The Hall–Kier alpha value is -4.02. The van der Waals surface area contributed by atoms with Crippen molar-refractivity contribution in [1.82, 2.24) is 20.9 Å². The highest BCUT2D eigenvalue weighted by Gasteiger charge is 2.70. The number of hydrogen-bond acceptors (Lipinski definition) is 7. The van der Waals surface area contributed by atoms with Gasteiger partial charge in [0.15, 0.2) is 5.78 Å². The van der Waals surface area contributed by atoms with Gasteiger partial charge in [-0.3, -0.25) is 24.0 Å². The van der Waals surface area contributed by atoms with E-state index < -0.39 is 58.7 Å². The molecule has 11 heteroatoms. The number of amides is 4. The standard InChI is InChI=1S/C34H48N4O7/c1-10-11-17-22(26(40)29(42)35-18-23(39)20-15-13-12-14-16-20)36-28(41)25-24-21(34(24,8)9)19-38(25)30(43)27(32(2,3)4)37-31(44)45-33(5,6)7/h10,12-16,21-22,24-25,27H,1,11,17-19H2,2-9H3,(H,35,42)(H,36,41)(H,37,44)/t21-,22?,24-,25-,27+/m0/s1. The summed E-state index contributed by atoms with van der Waals surface area (Å²) >= 11 is 0. The number of ketones is 2. The van der Waals surface area contributed by atoms with Gasteiger partial charge in [-0.25, -0.2) is 4.79 Å². The molecule has 0 spiro atoms. The summed E-state index contributed by atoms with van der Waals surface area (Å²) in [4.78, 5) is 80.7. The average molecular weight is 625 g/mol. The summed E-state index contributed by atoms with van der Waals surface area (Å²) in [7, 11) is 0. The third-order valence-electron chi connectivity index (χ3n) is 8.56. The molecule has 2 fully saturated rings. The third kappa shape index (κ3) is 8.58. The Bertz CT molecular complexity index is 1330. The van der Waals surface area contributed by atoms with Crippen LogP contribution in [-0.2, 0) is 23.9 Å². The van der Waals surface area contributed by atoms with Crippen molar-refractivity contribution in [2.45, 2.75) is 92.0 Å². The Morgan fingerprint density at radius 2 is 1.64 bits per heavy atom. The van der Waals surface area contributed by atoms with E-state index in [4.69, 9.17) is 4.74 Å². The van der Waals surface area contributed by atoms with Gasteiger partial charge in [0.1, 0.15) is 17.7 Å². The topological polar surface area (TPSA) is 151 Å². The lowest BCUT2D eigenvalue weighted by Gasteiger charge is -2.38. The zero-order valence-electron chi connectivity index (χ0n) is 27.7. The average Bonchev–Trinajstić information content (AvgIpc) is 3.27. The van der Waals surface area contributed by atoms with Gasteiger partial charge < -0.3 is 25.6 Å². The van der Waals surface area contributed by atoms with Crippen LogP contribution in [0.1, 0.15) is 78.6 Å². The van der Waals surface area contributed by atoms with Crippen LogP contribution < -0.4 is 16.0 Å². The highest BCUT2D eigenvalue weighted by molar-refractivity contribution is 6.38. The van der Waals surface area contributed by atoms with Crippen LogP contribution in [0.25, 0.3) is 0 Å². The summed E-state index contributed by atoms with van der Waals surface area (Å²) in [5, 5.41) is 7.81. The number of Topliss-reactive ketones (excluding diaryl/α,β-unsaturated/α-hetero) is 2. The third-order valence-corrected chi connectivity index (χ3v) is 8.56. The van der Waals surface area contributed by atoms with Crippen LogP contribution in [0.5, 0.6) is 0 Å². The molecule has 1 unspecified atom stereocenters. The van der Waals surface area contributed by atoms with Crippen molar-refractivity contribution in [3.63, 3.8) is 0 Å². The fraction of sp³-hybridized carbons (Fsp3) is 0.588. The van der Waals surface area contributed by atoms with Crippen molar-refractivity contribution < 1.29 is 33.5 Å². The van der Waals surface area contributed by atoms with Crippen LogP contribution >= 0.6 is 0 Å². The Labute approximate surface area is 265 Å². The van der Waals surface area contributed by atoms with E-state index in [1.807, 2.05) is 34.6 Å². The monoisotopic (exact) mass is 624 g/mol. The summed E-state index contributed by atoms with van der Waals surface area (Å²) in [6.07, 6.45) is 1.28. The molecule has 1 heterocycles. The number of ether oxygens (including phenoxy) is 1. The molecule has 0 radical (unpaired) electrons. The quantitative estimate of drug-likeness (QED) is 0.183. The molecule has 45 heavy (non-hydrogen) atoms. The molecule has 5 atom stereocenters. The van der Waals surface area contributed by atoms with Gasteiger partial charge in [0.25, 0.3) is 5.91 Å². The molecule has 0 bridgehead atoms. The number of piperidine rings is 1. The van der Waals surface area contributed by atoms with Gasteiger partial charge in [-0.15, -0.1) is 6.58 Å². The smallest absolute Gasteiger partial charge is 0.408 e. The van der Waals surface area contributed by atoms with Crippen molar-refractivity contribution in [2.24, 2.45) is 22.7 Å². The summed E-state index contributed by atoms with van der Waals surface area (Å²) in [6.45, 7) is 18.3. The molecular weight excluding hydrogens is 576 g/mol. The Kier molecular flexibility index (Phi) is 10.7. The second kappa shape index (κ2) is 13.5. The van der Waals surface area contributed by atoms with Gasteiger partial charge in [-0.2, -0.15) is 0 Å². The maximum absolute atomic E-state index is 14.1. The summed E-state index contributed by atoms with van der Waals surface area (Å²) in [5.74, 6) is -3.35. The minimum atomic E-state index is -1.20. The van der Waals surface area contributed by atoms with E-state index in [0.29, 0.717) is 18.5 Å². The van der Waals surface area contributed by atoms with Gasteiger partial charge in [0.2, 0.25) is 17.6 Å². The molecule has 3 N–H and O–H groups in total. The molecule has 246 valence electrons. The maximum Gasteiger partial charge on any atom is 0.408 e. The van der Waals surface area contributed by atoms with Gasteiger partial charge in [-0.1, -0.05) is 71.0 Å². The molecule has 4 amide bonds. The van der Waals surface area contributed by atoms with E-state index in [0.717, 1.165) is 0 Å². The number of fused-ring (bicyclic) bond motifs is 1. The summed E-state index contributed by atoms with van der Waals surface area (Å²) in [5.41, 5.74) is -1.31. The minimum absolute atomic E-state index is 0.0500. The number of nitrogens with zero attached hydrogens (tertiary/aromatic N) is 1. The lowest BCUT2D eigenvalue weighted by Crippen LogP contribution is -2.60. The molecular formula is C34H48N4O7. The molecule has 0 aromatic heterocycles. The van der Waals surface area contributed by atoms with Crippen molar-refractivity contribution in [1.29, 1.82) is 0 Å². The predicted octanol–water partition coefficient (Wildman–Crippen LogP) is 3.43. The van der Waals surface area contributed by atoms with Gasteiger partial charge in [0, 0.05) is 12.1 Å². The number of hydrogen-bond donors (Lipinski definition) is 3. The fourth-order valence-electron chi connectivity index (χ4n) is 6.00. The highest BCUT2D eigenvalue weighted by atomic mass is 16.6. The van der Waals surface area contributed by atoms with Crippen LogP contribution in [0.4, 0.5) is 4.79 Å². The Balaban J connectivity index is 1.79. The summed E-state index contributed by atoms with van der Waals surface area (Å²) in [6, 6.07) is 5.27. The summed E-state index contributed by atoms with van der Waals surface area (Å²) < 4.78 is 5.41. The number of rotatable bonds is 12. The van der Waals surface area contributed by atoms with Crippen LogP contribution in [0.15, 0.2) is 43.0 Å². The molecule has 1 aliphatic carbocycles. The largest absolute Gasteiger partial charge is 0.444 e. The van der Waals surface area contributed by atoms with E-state index in [2.05, 4.69) is 22.5 Å². The van der Waals surface area contributed by atoms with E-state index in [9.17, 15) is 28.8 Å². The molecule has 2 aliphatic rings. The number of carbonyl (C=O) groups is 6. The van der Waals surface area contributed by atoms with Crippen LogP contribution in [0.3, 0.4) is 0 Å². The SMILES string of the molecule is C=CCCC(NC(=O)[C@@H]1[C@@H]2[C@H](CN1C(=O)[C@@H](NC(=O)OC(C)(C)C)C(C)(C)C)C2(C)C)C(=O)C(=O)NCC(=O)c1ccccc1. The zero-order chi connectivity index (χ0) is 33.9. The maximum atomic E-state index is 14.1. The first-order chi connectivity index (χ1) is 20.8. The van der Waals surface area contributed by atoms with Crippen LogP contribution in [-0.4, -0.2) is 77.1 Å². The van der Waals surface area contributed by atoms with E-state index in [1.54, 1.807) is 57.2 Å². The van der Waals surface area contributed by atoms with E-state index >= 15 is 0 Å². The Morgan fingerprint density at radius 3 is 2.20 bits per heavy atom. The number of carbonyl (C=O) groups excluding carboxylic acids is 6. The minimum Gasteiger partial charge on any atom is -0.444 e. The first-order valence-corrected chi connectivity index (χ1v) is 15.4. The zero-order valence-corrected chi connectivity index (χ0v) is 27.7. The number of likely N-dealkylation sites (tertiary alicyclic amines) is 1.